The topological polar surface area (TPSA) is 43.8 Å². The zero-order valence-electron chi connectivity index (χ0n) is 14.2. The maximum absolute atomic E-state index is 12.9. The van der Waals surface area contributed by atoms with E-state index >= 15 is 0 Å². The number of hydrogen-bond acceptors (Lipinski definition) is 3. The second kappa shape index (κ2) is 8.34. The largest absolute Gasteiger partial charge is 0.508 e. The molecule has 0 spiro atoms. The number of phenolic OH excluding ortho intramolecular Hbond substituents is 1. The second-order valence-corrected chi connectivity index (χ2v) is 8.00. The Morgan fingerprint density at radius 2 is 1.88 bits per heavy atom. The molecule has 2 saturated heterocycles. The molecule has 2 aliphatic rings. The lowest BCUT2D eigenvalue weighted by molar-refractivity contribution is -0.137. The fourth-order valence-electron chi connectivity index (χ4n) is 3.87. The summed E-state index contributed by atoms with van der Waals surface area (Å²) in [5, 5.41) is 10.1. The van der Waals surface area contributed by atoms with Crippen molar-refractivity contribution in [3.05, 3.63) is 28.2 Å². The molecule has 1 amide bonds. The molecule has 1 aromatic rings. The van der Waals surface area contributed by atoms with Gasteiger partial charge in [-0.15, -0.1) is 0 Å². The fraction of sp³-hybridized carbons (Fsp3) is 0.632. The highest BCUT2D eigenvalue weighted by atomic mass is 79.9. The molecule has 0 aromatic heterocycles. The van der Waals surface area contributed by atoms with E-state index in [4.69, 9.17) is 0 Å². The summed E-state index contributed by atoms with van der Waals surface area (Å²) >= 11 is 3.47. The van der Waals surface area contributed by atoms with Crippen molar-refractivity contribution < 1.29 is 9.90 Å². The minimum Gasteiger partial charge on any atom is -0.508 e. The number of phenols is 1. The van der Waals surface area contributed by atoms with Gasteiger partial charge in [0.1, 0.15) is 5.75 Å². The first-order valence-electron chi connectivity index (χ1n) is 9.12. The Kier molecular flexibility index (Phi) is 6.17. The van der Waals surface area contributed by atoms with Gasteiger partial charge in [-0.1, -0.05) is 28.8 Å². The highest BCUT2D eigenvalue weighted by Crippen LogP contribution is 2.26. The van der Waals surface area contributed by atoms with Crippen molar-refractivity contribution in [3.8, 4) is 5.75 Å². The van der Waals surface area contributed by atoms with E-state index in [-0.39, 0.29) is 5.92 Å². The number of aromatic hydroxyl groups is 1. The minimum absolute atomic E-state index is 0.117. The predicted molar refractivity (Wildman–Crippen MR) is 98.9 cm³/mol. The first kappa shape index (κ1) is 17.7. The highest BCUT2D eigenvalue weighted by Gasteiger charge is 2.29. The third-order valence-electron chi connectivity index (χ3n) is 5.21. The Labute approximate surface area is 153 Å². The van der Waals surface area contributed by atoms with Gasteiger partial charge >= 0.3 is 0 Å². The summed E-state index contributed by atoms with van der Waals surface area (Å²) in [5.41, 5.74) is 0.923. The molecule has 1 N–H and O–H groups in total. The summed E-state index contributed by atoms with van der Waals surface area (Å²) in [7, 11) is 0. The molecule has 4 nitrogen and oxygen atoms in total. The van der Waals surface area contributed by atoms with Gasteiger partial charge in [-0.05, 0) is 50.4 Å². The summed E-state index contributed by atoms with van der Waals surface area (Å²) in [6.45, 7) is 4.37. The van der Waals surface area contributed by atoms with E-state index in [0.29, 0.717) is 18.2 Å². The third kappa shape index (κ3) is 4.51. The van der Waals surface area contributed by atoms with Crippen LogP contribution in [0, 0.1) is 5.92 Å². The number of benzene rings is 1. The maximum Gasteiger partial charge on any atom is 0.226 e. The number of halogens is 1. The van der Waals surface area contributed by atoms with Crippen molar-refractivity contribution in [1.82, 2.24) is 9.80 Å². The lowest BCUT2D eigenvalue weighted by Gasteiger charge is -2.35. The van der Waals surface area contributed by atoms with Crippen molar-refractivity contribution in [2.75, 3.05) is 26.2 Å². The Morgan fingerprint density at radius 3 is 2.62 bits per heavy atom. The van der Waals surface area contributed by atoms with E-state index in [9.17, 15) is 9.90 Å². The average molecular weight is 395 g/mol. The maximum atomic E-state index is 12.9. The van der Waals surface area contributed by atoms with E-state index in [2.05, 4.69) is 25.7 Å². The van der Waals surface area contributed by atoms with Crippen molar-refractivity contribution in [3.63, 3.8) is 0 Å². The summed E-state index contributed by atoms with van der Waals surface area (Å²) in [5.74, 6) is 0.797. The van der Waals surface area contributed by atoms with Crippen LogP contribution in [0.1, 0.15) is 44.1 Å². The van der Waals surface area contributed by atoms with Crippen LogP contribution in [0.4, 0.5) is 0 Å². The first-order valence-corrected chi connectivity index (χ1v) is 9.91. The zero-order chi connectivity index (χ0) is 16.9. The molecule has 5 heteroatoms. The van der Waals surface area contributed by atoms with Gasteiger partial charge in [0.15, 0.2) is 0 Å². The van der Waals surface area contributed by atoms with Gasteiger partial charge in [0.05, 0.1) is 5.92 Å². The van der Waals surface area contributed by atoms with Crippen LogP contribution in [0.25, 0.3) is 0 Å². The van der Waals surface area contributed by atoms with Gasteiger partial charge in [0, 0.05) is 36.2 Å². The van der Waals surface area contributed by atoms with Crippen molar-refractivity contribution in [2.45, 2.75) is 45.1 Å². The molecule has 1 atom stereocenters. The van der Waals surface area contributed by atoms with Crippen molar-refractivity contribution in [2.24, 2.45) is 5.92 Å². The molecule has 1 aromatic carbocycles. The SMILES string of the molecule is O=C([C@H]1CCCN(Cc2cc(Br)ccc2O)C1)N1CCCCCC1. The fourth-order valence-corrected chi connectivity index (χ4v) is 4.28. The quantitative estimate of drug-likeness (QED) is 0.848. The highest BCUT2D eigenvalue weighted by molar-refractivity contribution is 9.10. The molecule has 0 unspecified atom stereocenters. The molecule has 0 bridgehead atoms. The van der Waals surface area contributed by atoms with Crippen LogP contribution >= 0.6 is 15.9 Å². The van der Waals surface area contributed by atoms with Crippen LogP contribution in [-0.4, -0.2) is 47.0 Å². The van der Waals surface area contributed by atoms with E-state index in [1.807, 2.05) is 12.1 Å². The van der Waals surface area contributed by atoms with Crippen LogP contribution in [0.3, 0.4) is 0 Å². The minimum atomic E-state index is 0.117. The average Bonchev–Trinajstić information content (AvgIpc) is 2.87. The summed E-state index contributed by atoms with van der Waals surface area (Å²) in [6, 6.07) is 5.54. The molecule has 2 fully saturated rings. The van der Waals surface area contributed by atoms with E-state index in [0.717, 1.165) is 61.9 Å². The van der Waals surface area contributed by atoms with Gasteiger partial charge in [0.2, 0.25) is 5.91 Å². The smallest absolute Gasteiger partial charge is 0.226 e. The van der Waals surface area contributed by atoms with Gasteiger partial charge in [-0.2, -0.15) is 0 Å². The summed E-state index contributed by atoms with van der Waals surface area (Å²) in [4.78, 5) is 17.3. The molecular weight excluding hydrogens is 368 g/mol. The molecule has 3 rings (SSSR count). The number of rotatable bonds is 3. The number of carbonyl (C=O) groups is 1. The van der Waals surface area contributed by atoms with Crippen LogP contribution in [0.2, 0.25) is 0 Å². The monoisotopic (exact) mass is 394 g/mol. The van der Waals surface area contributed by atoms with Crippen molar-refractivity contribution >= 4 is 21.8 Å². The molecule has 2 heterocycles. The van der Waals surface area contributed by atoms with Crippen molar-refractivity contribution in [1.29, 1.82) is 0 Å². The molecule has 0 radical (unpaired) electrons. The molecule has 132 valence electrons. The zero-order valence-corrected chi connectivity index (χ0v) is 15.8. The first-order chi connectivity index (χ1) is 11.6. The van der Waals surface area contributed by atoms with E-state index < -0.39 is 0 Å². The molecular formula is C19H27BrN2O2. The van der Waals surface area contributed by atoms with E-state index in [1.165, 1.54) is 12.8 Å². The summed E-state index contributed by atoms with van der Waals surface area (Å²) < 4.78 is 0.976. The van der Waals surface area contributed by atoms with Gasteiger partial charge in [0.25, 0.3) is 0 Å². The number of likely N-dealkylation sites (tertiary alicyclic amines) is 2. The second-order valence-electron chi connectivity index (χ2n) is 7.09. The number of nitrogens with zero attached hydrogens (tertiary/aromatic N) is 2. The Bertz CT molecular complexity index is 570. The number of carbonyl (C=O) groups excluding carboxylic acids is 1. The van der Waals surface area contributed by atoms with Gasteiger partial charge < -0.3 is 10.0 Å². The Hall–Kier alpha value is -1.07. The van der Waals surface area contributed by atoms with Gasteiger partial charge in [-0.3, -0.25) is 9.69 Å². The van der Waals surface area contributed by atoms with Crippen LogP contribution in [-0.2, 0) is 11.3 Å². The standard InChI is InChI=1S/C19H27BrN2O2/c20-17-7-8-18(23)16(12-17)14-21-9-5-6-15(13-21)19(24)22-10-3-1-2-4-11-22/h7-8,12,15,23H,1-6,9-11,13-14H2/t15-/m0/s1. The predicted octanol–water partition coefficient (Wildman–Crippen LogP) is 3.77. The van der Waals surface area contributed by atoms with E-state index in [1.54, 1.807) is 6.07 Å². The van der Waals surface area contributed by atoms with Crippen LogP contribution < -0.4 is 0 Å². The van der Waals surface area contributed by atoms with Crippen LogP contribution in [0.15, 0.2) is 22.7 Å². The normalized spacial score (nSPS) is 23.0. The third-order valence-corrected chi connectivity index (χ3v) is 5.70. The molecule has 0 saturated carbocycles. The Balaban J connectivity index is 1.61. The Morgan fingerprint density at radius 1 is 1.12 bits per heavy atom. The molecule has 2 aliphatic heterocycles. The van der Waals surface area contributed by atoms with Gasteiger partial charge in [-0.25, -0.2) is 0 Å². The molecule has 0 aliphatic carbocycles. The lowest BCUT2D eigenvalue weighted by atomic mass is 9.96. The number of hydrogen-bond donors (Lipinski definition) is 1. The number of piperidine rings is 1. The number of amides is 1. The lowest BCUT2D eigenvalue weighted by Crippen LogP contribution is -2.44. The summed E-state index contributed by atoms with van der Waals surface area (Å²) in [6.07, 6.45) is 6.85. The van der Waals surface area contributed by atoms with Crippen LogP contribution in [0.5, 0.6) is 5.75 Å². The molecule has 24 heavy (non-hydrogen) atoms.